The van der Waals surface area contributed by atoms with E-state index >= 15 is 0 Å². The van der Waals surface area contributed by atoms with Crippen molar-refractivity contribution in [1.29, 1.82) is 0 Å². The lowest BCUT2D eigenvalue weighted by Crippen LogP contribution is -2.40. The quantitative estimate of drug-likeness (QED) is 0.870. The van der Waals surface area contributed by atoms with E-state index in [4.69, 9.17) is 4.74 Å². The fourth-order valence-electron chi connectivity index (χ4n) is 2.27. The third kappa shape index (κ3) is 3.46. The second-order valence-corrected chi connectivity index (χ2v) is 4.96. The molecule has 0 radical (unpaired) electrons. The summed E-state index contributed by atoms with van der Waals surface area (Å²) in [5.74, 6) is -0.694. The molecule has 1 amide bonds. The zero-order chi connectivity index (χ0) is 15.4. The third-order valence-electron chi connectivity index (χ3n) is 3.31. The lowest BCUT2D eigenvalue weighted by molar-refractivity contribution is -0.119. The van der Waals surface area contributed by atoms with Crippen LogP contribution in [0.15, 0.2) is 30.9 Å². The SMILES string of the molecule is O=C(CC1CNCCO1)Nc1ccc(-n2cncn2)c(F)c1. The topological polar surface area (TPSA) is 81.1 Å². The molecule has 1 atom stereocenters. The van der Waals surface area contributed by atoms with Gasteiger partial charge in [0.15, 0.2) is 5.82 Å². The standard InChI is InChI=1S/C14H16FN5O2/c15-12-5-10(1-2-13(12)20-9-17-8-18-20)19-14(21)6-11-7-16-3-4-22-11/h1-2,5,8-9,11,16H,3-4,6-7H2,(H,19,21). The molecule has 0 aliphatic carbocycles. The molecule has 1 fully saturated rings. The molecule has 1 aliphatic rings. The van der Waals surface area contributed by atoms with Gasteiger partial charge >= 0.3 is 0 Å². The number of rotatable bonds is 4. The number of nitrogens with zero attached hydrogens (tertiary/aromatic N) is 3. The van der Waals surface area contributed by atoms with Crippen LogP contribution >= 0.6 is 0 Å². The molecule has 8 heteroatoms. The van der Waals surface area contributed by atoms with Crippen molar-refractivity contribution in [2.24, 2.45) is 0 Å². The Balaban J connectivity index is 1.63. The number of hydrogen-bond donors (Lipinski definition) is 2. The van der Waals surface area contributed by atoms with Gasteiger partial charge in [-0.05, 0) is 18.2 Å². The Morgan fingerprint density at radius 3 is 3.14 bits per heavy atom. The highest BCUT2D eigenvalue weighted by Crippen LogP contribution is 2.17. The number of amides is 1. The van der Waals surface area contributed by atoms with E-state index in [2.05, 4.69) is 20.7 Å². The van der Waals surface area contributed by atoms with Crippen LogP contribution < -0.4 is 10.6 Å². The summed E-state index contributed by atoms with van der Waals surface area (Å²) >= 11 is 0. The van der Waals surface area contributed by atoms with Crippen molar-refractivity contribution in [3.63, 3.8) is 0 Å². The van der Waals surface area contributed by atoms with E-state index in [1.807, 2.05) is 0 Å². The maximum Gasteiger partial charge on any atom is 0.227 e. The smallest absolute Gasteiger partial charge is 0.227 e. The first-order valence-corrected chi connectivity index (χ1v) is 6.99. The number of carbonyl (C=O) groups is 1. The van der Waals surface area contributed by atoms with Crippen LogP contribution in [0.4, 0.5) is 10.1 Å². The Hall–Kier alpha value is -2.32. The van der Waals surface area contributed by atoms with Crippen LogP contribution in [0.25, 0.3) is 5.69 Å². The average molecular weight is 305 g/mol. The highest BCUT2D eigenvalue weighted by atomic mass is 19.1. The molecule has 1 aromatic carbocycles. The minimum atomic E-state index is -0.487. The molecule has 2 N–H and O–H groups in total. The molecule has 7 nitrogen and oxygen atoms in total. The molecule has 1 saturated heterocycles. The number of nitrogens with one attached hydrogen (secondary N) is 2. The highest BCUT2D eigenvalue weighted by Gasteiger charge is 2.17. The van der Waals surface area contributed by atoms with Crippen LogP contribution in [0, 0.1) is 5.82 Å². The number of hydrogen-bond acceptors (Lipinski definition) is 5. The molecule has 0 spiro atoms. The predicted octanol–water partition coefficient (Wildman–Crippen LogP) is 0.723. The fourth-order valence-corrected chi connectivity index (χ4v) is 2.27. The molecule has 0 saturated carbocycles. The summed E-state index contributed by atoms with van der Waals surface area (Å²) < 4.78 is 20.8. The Kier molecular flexibility index (Phi) is 4.40. The van der Waals surface area contributed by atoms with Gasteiger partial charge in [0, 0.05) is 18.8 Å². The van der Waals surface area contributed by atoms with E-state index in [9.17, 15) is 9.18 Å². The van der Waals surface area contributed by atoms with Gasteiger partial charge in [0.2, 0.25) is 5.91 Å². The first-order chi connectivity index (χ1) is 10.7. The molecule has 2 aromatic rings. The largest absolute Gasteiger partial charge is 0.375 e. The first-order valence-electron chi connectivity index (χ1n) is 6.99. The third-order valence-corrected chi connectivity index (χ3v) is 3.31. The first kappa shape index (κ1) is 14.6. The molecule has 1 unspecified atom stereocenters. The van der Waals surface area contributed by atoms with Crippen LogP contribution in [-0.2, 0) is 9.53 Å². The molecule has 1 aromatic heterocycles. The zero-order valence-corrected chi connectivity index (χ0v) is 11.8. The second-order valence-electron chi connectivity index (χ2n) is 4.96. The maximum atomic E-state index is 14.0. The molecule has 1 aliphatic heterocycles. The Labute approximate surface area is 126 Å². The summed E-state index contributed by atoms with van der Waals surface area (Å²) in [5.41, 5.74) is 0.672. The Morgan fingerprint density at radius 1 is 1.55 bits per heavy atom. The minimum absolute atomic E-state index is 0.145. The van der Waals surface area contributed by atoms with Gasteiger partial charge in [-0.1, -0.05) is 0 Å². The molecule has 2 heterocycles. The fraction of sp³-hybridized carbons (Fsp3) is 0.357. The molecule has 0 bridgehead atoms. The van der Waals surface area contributed by atoms with Gasteiger partial charge in [0.25, 0.3) is 0 Å². The number of anilines is 1. The monoisotopic (exact) mass is 305 g/mol. The summed E-state index contributed by atoms with van der Waals surface area (Å²) in [6.07, 6.45) is 2.82. The summed E-state index contributed by atoms with van der Waals surface area (Å²) in [5, 5.41) is 9.70. The van der Waals surface area contributed by atoms with E-state index in [0.717, 1.165) is 6.54 Å². The van der Waals surface area contributed by atoms with Crippen molar-refractivity contribution in [3.05, 3.63) is 36.7 Å². The number of morpholine rings is 1. The second kappa shape index (κ2) is 6.63. The van der Waals surface area contributed by atoms with Gasteiger partial charge in [0.05, 0.1) is 19.1 Å². The van der Waals surface area contributed by atoms with Crippen molar-refractivity contribution >= 4 is 11.6 Å². The molecular weight excluding hydrogens is 289 g/mol. The van der Waals surface area contributed by atoms with E-state index < -0.39 is 5.82 Å². The molecule has 116 valence electrons. The summed E-state index contributed by atoms with van der Waals surface area (Å²) in [6.45, 7) is 2.04. The number of benzene rings is 1. The number of aromatic nitrogens is 3. The van der Waals surface area contributed by atoms with Crippen molar-refractivity contribution in [3.8, 4) is 5.69 Å². The summed E-state index contributed by atoms with van der Waals surface area (Å²) in [4.78, 5) is 15.7. The summed E-state index contributed by atoms with van der Waals surface area (Å²) in [6, 6.07) is 4.42. The van der Waals surface area contributed by atoms with E-state index in [1.54, 1.807) is 6.07 Å². The lowest BCUT2D eigenvalue weighted by Gasteiger charge is -2.23. The lowest BCUT2D eigenvalue weighted by atomic mass is 10.2. The van der Waals surface area contributed by atoms with Gasteiger partial charge in [0.1, 0.15) is 18.3 Å². The molecule has 22 heavy (non-hydrogen) atoms. The zero-order valence-electron chi connectivity index (χ0n) is 11.8. The molecular formula is C14H16FN5O2. The summed E-state index contributed by atoms with van der Waals surface area (Å²) in [7, 11) is 0. The number of carbonyl (C=O) groups excluding carboxylic acids is 1. The van der Waals surface area contributed by atoms with Gasteiger partial charge in [-0.2, -0.15) is 5.10 Å². The van der Waals surface area contributed by atoms with Gasteiger partial charge in [-0.25, -0.2) is 14.1 Å². The van der Waals surface area contributed by atoms with Crippen molar-refractivity contribution < 1.29 is 13.9 Å². The Bertz CT molecular complexity index is 641. The predicted molar refractivity (Wildman–Crippen MR) is 77.2 cm³/mol. The average Bonchev–Trinajstić information content (AvgIpc) is 3.02. The highest BCUT2D eigenvalue weighted by molar-refractivity contribution is 5.91. The van der Waals surface area contributed by atoms with E-state index in [-0.39, 0.29) is 24.1 Å². The normalized spacial score (nSPS) is 18.1. The van der Waals surface area contributed by atoms with Gasteiger partial charge in [-0.3, -0.25) is 4.79 Å². The van der Waals surface area contributed by atoms with E-state index in [1.165, 1.54) is 29.5 Å². The maximum absolute atomic E-state index is 14.0. The van der Waals surface area contributed by atoms with Gasteiger partial charge < -0.3 is 15.4 Å². The van der Waals surface area contributed by atoms with Crippen molar-refractivity contribution in [1.82, 2.24) is 20.1 Å². The van der Waals surface area contributed by atoms with E-state index in [0.29, 0.717) is 18.8 Å². The van der Waals surface area contributed by atoms with Crippen LogP contribution in [0.2, 0.25) is 0 Å². The van der Waals surface area contributed by atoms with Crippen LogP contribution in [0.1, 0.15) is 6.42 Å². The number of halogens is 1. The van der Waals surface area contributed by atoms with Crippen LogP contribution in [-0.4, -0.2) is 46.5 Å². The molecule has 3 rings (SSSR count). The minimum Gasteiger partial charge on any atom is -0.375 e. The van der Waals surface area contributed by atoms with Crippen molar-refractivity contribution in [2.45, 2.75) is 12.5 Å². The Morgan fingerprint density at radius 2 is 2.45 bits per heavy atom. The number of ether oxygens (including phenoxy) is 1. The van der Waals surface area contributed by atoms with Crippen molar-refractivity contribution in [2.75, 3.05) is 25.0 Å². The van der Waals surface area contributed by atoms with Crippen LogP contribution in [0.5, 0.6) is 0 Å². The van der Waals surface area contributed by atoms with Crippen LogP contribution in [0.3, 0.4) is 0 Å². The van der Waals surface area contributed by atoms with Gasteiger partial charge in [-0.15, -0.1) is 0 Å².